The van der Waals surface area contributed by atoms with Crippen LogP contribution in [0.25, 0.3) is 0 Å². The van der Waals surface area contributed by atoms with Crippen molar-refractivity contribution in [1.82, 2.24) is 4.90 Å². The number of benzene rings is 2. The number of nitrogens with zero attached hydrogens (tertiary/aromatic N) is 1. The fourth-order valence-electron chi connectivity index (χ4n) is 5.68. The lowest BCUT2D eigenvalue weighted by atomic mass is 9.82. The van der Waals surface area contributed by atoms with E-state index in [2.05, 4.69) is 75.1 Å². The van der Waals surface area contributed by atoms with Crippen LogP contribution in [-0.4, -0.2) is 43.3 Å². The molecule has 2 unspecified atom stereocenters. The van der Waals surface area contributed by atoms with Gasteiger partial charge >= 0.3 is 0 Å². The fourth-order valence-corrected chi connectivity index (χ4v) is 5.68. The van der Waals surface area contributed by atoms with Gasteiger partial charge in [-0.1, -0.05) is 49.4 Å². The van der Waals surface area contributed by atoms with Crippen molar-refractivity contribution in [2.75, 3.05) is 26.2 Å². The van der Waals surface area contributed by atoms with E-state index >= 15 is 0 Å². The van der Waals surface area contributed by atoms with Crippen molar-refractivity contribution in [3.63, 3.8) is 0 Å². The zero-order chi connectivity index (χ0) is 23.4. The minimum Gasteiger partial charge on any atom is -0.490 e. The van der Waals surface area contributed by atoms with Gasteiger partial charge < -0.3 is 20.1 Å². The maximum atomic E-state index is 6.61. The van der Waals surface area contributed by atoms with Crippen LogP contribution in [0.2, 0.25) is 0 Å². The number of fused-ring (bicyclic) bond motifs is 1. The van der Waals surface area contributed by atoms with Gasteiger partial charge in [-0.3, -0.25) is 0 Å². The minimum absolute atomic E-state index is 0.0329. The van der Waals surface area contributed by atoms with Crippen LogP contribution in [-0.2, 0) is 11.2 Å². The molecule has 3 atom stereocenters. The lowest BCUT2D eigenvalue weighted by molar-refractivity contribution is -0.0651. The van der Waals surface area contributed by atoms with Crippen LogP contribution >= 0.6 is 0 Å². The summed E-state index contributed by atoms with van der Waals surface area (Å²) >= 11 is 0. The molecule has 0 saturated carbocycles. The summed E-state index contributed by atoms with van der Waals surface area (Å²) in [6, 6.07) is 15.3. The van der Waals surface area contributed by atoms with Gasteiger partial charge in [-0.25, -0.2) is 0 Å². The molecule has 0 bridgehead atoms. The van der Waals surface area contributed by atoms with Gasteiger partial charge in [0.15, 0.2) is 0 Å². The van der Waals surface area contributed by atoms with Crippen LogP contribution < -0.4 is 10.5 Å². The quantitative estimate of drug-likeness (QED) is 0.566. The third-order valence-electron chi connectivity index (χ3n) is 7.55. The molecule has 1 saturated heterocycles. The van der Waals surface area contributed by atoms with Crippen molar-refractivity contribution in [2.24, 2.45) is 11.7 Å². The number of hydrogen-bond acceptors (Lipinski definition) is 4. The molecule has 4 rings (SSSR count). The molecular formula is C29H42N2O2. The molecule has 2 aromatic carbocycles. The first-order valence-corrected chi connectivity index (χ1v) is 12.9. The zero-order valence-electron chi connectivity index (χ0n) is 20.9. The van der Waals surface area contributed by atoms with Gasteiger partial charge in [0.2, 0.25) is 0 Å². The number of rotatable bonds is 8. The first kappa shape index (κ1) is 24.3. The standard InChI is InChI=1S/C29H42N2O2/c1-5-22(23-9-7-6-8-10-23)19-31-15-13-24(14-16-31)27-17-26-25(28(18-30)33-27)12-11-21(4)29(26)32-20(2)3/h6-12,20,22,24,27-28H,5,13-19,30H2,1-4H3/t22?,27-,28?/m0/s1. The van der Waals surface area contributed by atoms with Gasteiger partial charge in [0.1, 0.15) is 5.75 Å². The molecule has 2 aliphatic heterocycles. The molecule has 180 valence electrons. The van der Waals surface area contributed by atoms with Crippen LogP contribution in [0.4, 0.5) is 0 Å². The Balaban J connectivity index is 1.43. The summed E-state index contributed by atoms with van der Waals surface area (Å²) in [4.78, 5) is 2.66. The van der Waals surface area contributed by atoms with Gasteiger partial charge in [-0.15, -0.1) is 0 Å². The molecule has 0 aromatic heterocycles. The van der Waals surface area contributed by atoms with Gasteiger partial charge in [-0.2, -0.15) is 0 Å². The average Bonchev–Trinajstić information content (AvgIpc) is 2.84. The Kier molecular flexibility index (Phi) is 8.11. The second-order valence-electron chi connectivity index (χ2n) is 10.2. The summed E-state index contributed by atoms with van der Waals surface area (Å²) < 4.78 is 12.9. The second kappa shape index (κ2) is 11.0. The van der Waals surface area contributed by atoms with Crippen molar-refractivity contribution in [3.8, 4) is 5.75 Å². The highest BCUT2D eigenvalue weighted by atomic mass is 16.5. The molecule has 0 aliphatic carbocycles. The minimum atomic E-state index is -0.0329. The van der Waals surface area contributed by atoms with Crippen LogP contribution in [0.3, 0.4) is 0 Å². The molecule has 33 heavy (non-hydrogen) atoms. The summed E-state index contributed by atoms with van der Waals surface area (Å²) in [5.41, 5.74) is 11.4. The fraction of sp³-hybridized carbons (Fsp3) is 0.586. The lowest BCUT2D eigenvalue weighted by Gasteiger charge is -2.41. The molecule has 0 radical (unpaired) electrons. The van der Waals surface area contributed by atoms with Gasteiger partial charge in [0, 0.05) is 25.1 Å². The summed E-state index contributed by atoms with van der Waals surface area (Å²) in [7, 11) is 0. The van der Waals surface area contributed by atoms with Gasteiger partial charge in [-0.05, 0) is 81.6 Å². The number of hydrogen-bond donors (Lipinski definition) is 1. The topological polar surface area (TPSA) is 47.7 Å². The van der Waals surface area contributed by atoms with Crippen molar-refractivity contribution >= 4 is 0 Å². The van der Waals surface area contributed by atoms with E-state index in [1.165, 1.54) is 41.5 Å². The molecule has 1 fully saturated rings. The second-order valence-corrected chi connectivity index (χ2v) is 10.2. The molecule has 0 spiro atoms. The number of aryl methyl sites for hydroxylation is 1. The monoisotopic (exact) mass is 450 g/mol. The highest BCUT2D eigenvalue weighted by Gasteiger charge is 2.36. The Morgan fingerprint density at radius 3 is 2.45 bits per heavy atom. The highest BCUT2D eigenvalue weighted by Crippen LogP contribution is 2.41. The van der Waals surface area contributed by atoms with E-state index in [-0.39, 0.29) is 18.3 Å². The maximum Gasteiger partial charge on any atom is 0.126 e. The third kappa shape index (κ3) is 5.62. The first-order chi connectivity index (χ1) is 16.0. The Morgan fingerprint density at radius 2 is 1.82 bits per heavy atom. The Bertz CT molecular complexity index is 890. The van der Waals surface area contributed by atoms with E-state index in [0.717, 1.165) is 31.8 Å². The largest absolute Gasteiger partial charge is 0.490 e. The summed E-state index contributed by atoms with van der Waals surface area (Å²) in [6.45, 7) is 12.6. The molecule has 2 heterocycles. The van der Waals surface area contributed by atoms with E-state index in [4.69, 9.17) is 15.2 Å². The smallest absolute Gasteiger partial charge is 0.126 e. The van der Waals surface area contributed by atoms with E-state index in [9.17, 15) is 0 Å². The molecular weight excluding hydrogens is 408 g/mol. The number of nitrogens with two attached hydrogens (primary N) is 1. The summed E-state index contributed by atoms with van der Waals surface area (Å²) in [5.74, 6) is 2.24. The predicted octanol–water partition coefficient (Wildman–Crippen LogP) is 5.63. The summed E-state index contributed by atoms with van der Waals surface area (Å²) in [5, 5.41) is 0. The van der Waals surface area contributed by atoms with Gasteiger partial charge in [0.25, 0.3) is 0 Å². The zero-order valence-corrected chi connectivity index (χ0v) is 20.9. The van der Waals surface area contributed by atoms with E-state index in [1.54, 1.807) is 0 Å². The number of likely N-dealkylation sites (tertiary alicyclic amines) is 1. The van der Waals surface area contributed by atoms with Crippen molar-refractivity contribution < 1.29 is 9.47 Å². The van der Waals surface area contributed by atoms with E-state index < -0.39 is 0 Å². The van der Waals surface area contributed by atoms with E-state index in [0.29, 0.717) is 18.4 Å². The molecule has 2 aromatic rings. The van der Waals surface area contributed by atoms with Crippen molar-refractivity contribution in [2.45, 2.75) is 77.6 Å². The molecule has 2 aliphatic rings. The highest BCUT2D eigenvalue weighted by molar-refractivity contribution is 5.48. The first-order valence-electron chi connectivity index (χ1n) is 12.9. The average molecular weight is 451 g/mol. The Labute approximate surface area is 200 Å². The maximum absolute atomic E-state index is 6.61. The number of ether oxygens (including phenoxy) is 2. The molecule has 4 heteroatoms. The predicted molar refractivity (Wildman–Crippen MR) is 136 cm³/mol. The molecule has 4 nitrogen and oxygen atoms in total. The Morgan fingerprint density at radius 1 is 1.09 bits per heavy atom. The van der Waals surface area contributed by atoms with Gasteiger partial charge in [0.05, 0.1) is 18.3 Å². The normalized spacial score (nSPS) is 22.8. The van der Waals surface area contributed by atoms with E-state index in [1.807, 2.05) is 0 Å². The third-order valence-corrected chi connectivity index (χ3v) is 7.55. The Hall–Kier alpha value is -1.88. The van der Waals surface area contributed by atoms with Crippen LogP contribution in [0.15, 0.2) is 42.5 Å². The molecule has 2 N–H and O–H groups in total. The lowest BCUT2D eigenvalue weighted by Crippen LogP contribution is -2.43. The van der Waals surface area contributed by atoms with Crippen molar-refractivity contribution in [1.29, 1.82) is 0 Å². The summed E-state index contributed by atoms with van der Waals surface area (Å²) in [6.07, 6.45) is 4.84. The van der Waals surface area contributed by atoms with Crippen LogP contribution in [0.1, 0.15) is 74.3 Å². The SMILES string of the molecule is CCC(CN1CCC([C@@H]2Cc3c(ccc(C)c3OC(C)C)C(CN)O2)CC1)c1ccccc1. The van der Waals surface area contributed by atoms with Crippen LogP contribution in [0, 0.1) is 12.8 Å². The number of piperidine rings is 1. The van der Waals surface area contributed by atoms with Crippen LogP contribution in [0.5, 0.6) is 5.75 Å². The molecule has 0 amide bonds. The van der Waals surface area contributed by atoms with Crippen molar-refractivity contribution in [3.05, 3.63) is 64.7 Å².